The number of nitrogens with zero attached hydrogens (tertiary/aromatic N) is 1. The van der Waals surface area contributed by atoms with Crippen LogP contribution in [0.1, 0.15) is 5.56 Å². The van der Waals surface area contributed by atoms with Gasteiger partial charge in [-0.1, -0.05) is 62.2 Å². The normalized spacial score (nSPS) is 20.0. The Morgan fingerprint density at radius 1 is 0.655 bits per heavy atom. The van der Waals surface area contributed by atoms with Gasteiger partial charge in [-0.2, -0.15) is 0 Å². The molecule has 0 aromatic heterocycles. The van der Waals surface area contributed by atoms with E-state index in [0.29, 0.717) is 52.9 Å². The van der Waals surface area contributed by atoms with Crippen LogP contribution in [0.15, 0.2) is 24.3 Å². The molecule has 1 fully saturated rings. The lowest BCUT2D eigenvalue weighted by Gasteiger charge is -2.36. The fourth-order valence-corrected chi connectivity index (χ4v) is 8.10. The Morgan fingerprint density at radius 2 is 1.07 bits per heavy atom. The molecule has 0 saturated carbocycles. The zero-order valence-electron chi connectivity index (χ0n) is 19.2. The summed E-state index contributed by atoms with van der Waals surface area (Å²) in [6.07, 6.45) is 0. The second kappa shape index (κ2) is 12.3. The van der Waals surface area contributed by atoms with Crippen molar-refractivity contribution in [3.05, 3.63) is 29.8 Å². The SMILES string of the molecule is C[Si](C)(C)[Si](C)(C)c1ccc(CN2CCOCCOCCOCCOCC2)cc1. The smallest absolute Gasteiger partial charge is 0.0736 e. The molecule has 1 aromatic carbocycles. The lowest BCUT2D eigenvalue weighted by Crippen LogP contribution is -2.61. The van der Waals surface area contributed by atoms with Crippen molar-refractivity contribution in [1.82, 2.24) is 4.90 Å². The Bertz CT molecular complexity index is 559. The molecular weight excluding hydrogens is 398 g/mol. The standard InChI is InChI=1S/C22H41NO4Si2/c1-28(2,3)29(4,5)22-8-6-21(7-9-22)20-23-10-12-24-14-16-26-18-19-27-17-15-25-13-11-23/h6-9H,10-20H2,1-5H3. The van der Waals surface area contributed by atoms with Crippen LogP contribution >= 0.6 is 0 Å². The molecule has 0 amide bonds. The van der Waals surface area contributed by atoms with E-state index in [2.05, 4.69) is 61.9 Å². The predicted octanol–water partition coefficient (Wildman–Crippen LogP) is 2.90. The van der Waals surface area contributed by atoms with E-state index in [9.17, 15) is 0 Å². The minimum Gasteiger partial charge on any atom is -0.378 e. The molecule has 7 heteroatoms. The largest absolute Gasteiger partial charge is 0.378 e. The summed E-state index contributed by atoms with van der Waals surface area (Å²) in [5, 5.41) is 1.59. The maximum absolute atomic E-state index is 5.74. The van der Waals surface area contributed by atoms with E-state index in [1.54, 1.807) is 5.19 Å². The average molecular weight is 440 g/mol. The van der Waals surface area contributed by atoms with Gasteiger partial charge >= 0.3 is 0 Å². The molecule has 1 aromatic rings. The van der Waals surface area contributed by atoms with Crippen LogP contribution in [0.5, 0.6) is 0 Å². The topological polar surface area (TPSA) is 40.2 Å². The highest BCUT2D eigenvalue weighted by atomic mass is 29.3. The quantitative estimate of drug-likeness (QED) is 0.675. The predicted molar refractivity (Wildman–Crippen MR) is 125 cm³/mol. The third kappa shape index (κ3) is 8.61. The Morgan fingerprint density at radius 3 is 1.48 bits per heavy atom. The van der Waals surface area contributed by atoms with Crippen molar-refractivity contribution in [3.8, 4) is 0 Å². The molecule has 0 atom stereocenters. The molecule has 0 N–H and O–H groups in total. The van der Waals surface area contributed by atoms with Gasteiger partial charge in [0.15, 0.2) is 0 Å². The van der Waals surface area contributed by atoms with Gasteiger partial charge in [0.25, 0.3) is 0 Å². The number of hydrogen-bond donors (Lipinski definition) is 0. The van der Waals surface area contributed by atoms with Gasteiger partial charge in [-0.15, -0.1) is 0 Å². The first-order valence-corrected chi connectivity index (χ1v) is 18.4. The van der Waals surface area contributed by atoms with E-state index >= 15 is 0 Å². The van der Waals surface area contributed by atoms with E-state index in [1.807, 2.05) is 0 Å². The van der Waals surface area contributed by atoms with Crippen molar-refractivity contribution < 1.29 is 18.9 Å². The first-order chi connectivity index (χ1) is 13.8. The van der Waals surface area contributed by atoms with Gasteiger partial charge in [0.2, 0.25) is 0 Å². The first-order valence-electron chi connectivity index (χ1n) is 10.9. The van der Waals surface area contributed by atoms with Crippen molar-refractivity contribution in [2.75, 3.05) is 65.9 Å². The summed E-state index contributed by atoms with van der Waals surface area (Å²) in [5.74, 6) is 0. The van der Waals surface area contributed by atoms with Crippen LogP contribution in [0, 0.1) is 0 Å². The molecule has 0 aliphatic carbocycles. The molecular formula is C22H41NO4Si2. The number of hydrogen-bond acceptors (Lipinski definition) is 5. The second-order valence-corrected chi connectivity index (χ2v) is 25.9. The van der Waals surface area contributed by atoms with E-state index in [4.69, 9.17) is 18.9 Å². The van der Waals surface area contributed by atoms with Crippen LogP contribution < -0.4 is 5.19 Å². The first kappa shape index (κ1) is 24.7. The van der Waals surface area contributed by atoms with Crippen LogP contribution in [0.4, 0.5) is 0 Å². The van der Waals surface area contributed by atoms with Crippen molar-refractivity contribution in [2.45, 2.75) is 39.3 Å². The Kier molecular flexibility index (Phi) is 10.5. The molecule has 1 saturated heterocycles. The molecule has 1 aliphatic heterocycles. The summed E-state index contributed by atoms with van der Waals surface area (Å²) in [6, 6.07) is 9.41. The van der Waals surface area contributed by atoms with Gasteiger partial charge in [0.1, 0.15) is 0 Å². The summed E-state index contributed by atoms with van der Waals surface area (Å²) < 4.78 is 22.5. The Labute approximate surface area is 179 Å². The van der Waals surface area contributed by atoms with Crippen LogP contribution in [0.25, 0.3) is 0 Å². The lowest BCUT2D eigenvalue weighted by atomic mass is 10.2. The fourth-order valence-electron chi connectivity index (χ4n) is 3.14. The van der Waals surface area contributed by atoms with Crippen LogP contribution in [0.2, 0.25) is 32.7 Å². The zero-order chi connectivity index (χ0) is 21.2. The van der Waals surface area contributed by atoms with Gasteiger partial charge in [-0.3, -0.25) is 4.90 Å². The fraction of sp³-hybridized carbons (Fsp3) is 0.727. The highest BCUT2D eigenvalue weighted by Crippen LogP contribution is 2.19. The van der Waals surface area contributed by atoms with E-state index < -0.39 is 15.2 Å². The lowest BCUT2D eigenvalue weighted by molar-refractivity contribution is 0.00206. The molecule has 0 unspecified atom stereocenters. The summed E-state index contributed by atoms with van der Waals surface area (Å²) in [5.41, 5.74) is 1.36. The van der Waals surface area contributed by atoms with Crippen molar-refractivity contribution in [2.24, 2.45) is 0 Å². The summed E-state index contributed by atoms with van der Waals surface area (Å²) in [4.78, 5) is 2.41. The van der Waals surface area contributed by atoms with Crippen molar-refractivity contribution >= 4 is 20.4 Å². The highest BCUT2D eigenvalue weighted by Gasteiger charge is 2.38. The zero-order valence-corrected chi connectivity index (χ0v) is 21.2. The Balaban J connectivity index is 1.93. The third-order valence-corrected chi connectivity index (χ3v) is 23.8. The number of rotatable bonds is 4. The molecule has 29 heavy (non-hydrogen) atoms. The van der Waals surface area contributed by atoms with Crippen molar-refractivity contribution in [1.29, 1.82) is 0 Å². The molecule has 1 aliphatic rings. The number of benzene rings is 1. The monoisotopic (exact) mass is 439 g/mol. The molecule has 2 rings (SSSR count). The van der Waals surface area contributed by atoms with Crippen LogP contribution in [-0.4, -0.2) is 86.0 Å². The molecule has 166 valence electrons. The molecule has 0 bridgehead atoms. The van der Waals surface area contributed by atoms with E-state index in [-0.39, 0.29) is 0 Å². The van der Waals surface area contributed by atoms with Gasteiger partial charge in [0, 0.05) is 27.2 Å². The van der Waals surface area contributed by atoms with Gasteiger partial charge in [-0.25, -0.2) is 0 Å². The van der Waals surface area contributed by atoms with Crippen LogP contribution in [-0.2, 0) is 25.5 Å². The maximum Gasteiger partial charge on any atom is 0.0736 e. The third-order valence-electron chi connectivity index (χ3n) is 6.18. The average Bonchev–Trinajstić information content (AvgIpc) is 2.68. The van der Waals surface area contributed by atoms with Gasteiger partial charge < -0.3 is 18.9 Å². The van der Waals surface area contributed by atoms with E-state index in [1.165, 1.54) is 5.56 Å². The summed E-state index contributed by atoms with van der Waals surface area (Å²) >= 11 is 0. The summed E-state index contributed by atoms with van der Waals surface area (Å²) in [7, 11) is -2.50. The van der Waals surface area contributed by atoms with Crippen LogP contribution in [0.3, 0.4) is 0 Å². The maximum atomic E-state index is 5.74. The summed E-state index contributed by atoms with van der Waals surface area (Å²) in [6.45, 7) is 20.5. The van der Waals surface area contributed by atoms with Gasteiger partial charge in [0.05, 0.1) is 60.4 Å². The van der Waals surface area contributed by atoms with Crippen molar-refractivity contribution in [3.63, 3.8) is 0 Å². The molecule has 0 spiro atoms. The number of ether oxygens (including phenoxy) is 4. The highest BCUT2D eigenvalue weighted by molar-refractivity contribution is 7.45. The molecule has 0 radical (unpaired) electrons. The Hall–Kier alpha value is -0.546. The minimum absolute atomic E-state index is 0.614. The second-order valence-electron chi connectivity index (χ2n) is 9.30. The molecule has 1 heterocycles. The molecule has 5 nitrogen and oxygen atoms in total. The minimum atomic E-state index is -1.34. The van der Waals surface area contributed by atoms with Gasteiger partial charge in [-0.05, 0) is 5.56 Å². The van der Waals surface area contributed by atoms with E-state index in [0.717, 1.165) is 19.6 Å².